The van der Waals surface area contributed by atoms with Gasteiger partial charge in [-0.1, -0.05) is 0 Å². The third kappa shape index (κ3) is 6.54. The number of hydrogen-bond donors (Lipinski definition) is 2. The van der Waals surface area contributed by atoms with Gasteiger partial charge in [-0.2, -0.15) is 5.26 Å². The molecule has 112 valence electrons. The molecule has 21 heavy (non-hydrogen) atoms. The minimum Gasteiger partial charge on any atom is -0.382 e. The molecule has 1 aromatic carbocycles. The number of carbonyl (C=O) groups is 1. The van der Waals surface area contributed by atoms with E-state index in [1.165, 1.54) is 30.5 Å². The van der Waals surface area contributed by atoms with Crippen LogP contribution >= 0.6 is 0 Å². The summed E-state index contributed by atoms with van der Waals surface area (Å²) in [6, 6.07) is 7.42. The van der Waals surface area contributed by atoms with Crippen LogP contribution in [0.2, 0.25) is 0 Å². The largest absolute Gasteiger partial charge is 0.382 e. The molecule has 0 unspecified atom stereocenters. The molecule has 0 saturated carbocycles. The number of rotatable bonds is 8. The molecular weight excluding hydrogens is 273 g/mol. The molecule has 0 saturated heterocycles. The molecule has 2 N–H and O–H groups in total. The van der Waals surface area contributed by atoms with E-state index >= 15 is 0 Å². The van der Waals surface area contributed by atoms with Crippen molar-refractivity contribution in [3.8, 4) is 6.07 Å². The summed E-state index contributed by atoms with van der Waals surface area (Å²) in [5.74, 6) is -0.805. The van der Waals surface area contributed by atoms with E-state index in [4.69, 9.17) is 10.00 Å². The molecule has 0 bridgehead atoms. The molecule has 0 spiro atoms. The van der Waals surface area contributed by atoms with Crippen molar-refractivity contribution in [2.24, 2.45) is 0 Å². The standard InChI is InChI=1S/C15H18FN3O2/c1-2-21-9-3-8-18-15(20)12(10-17)11-19-14-6-4-13(16)5-7-14/h4-7,11,19H,2-3,8-9H2,1H3,(H,18,20)/b12-11-. The second kappa shape index (κ2) is 9.50. The van der Waals surface area contributed by atoms with Crippen LogP contribution in [-0.2, 0) is 9.53 Å². The number of benzene rings is 1. The quantitative estimate of drug-likeness (QED) is 0.437. The fourth-order valence-electron chi connectivity index (χ4n) is 1.47. The lowest BCUT2D eigenvalue weighted by molar-refractivity contribution is -0.117. The molecule has 0 radical (unpaired) electrons. The van der Waals surface area contributed by atoms with Crippen LogP contribution in [-0.4, -0.2) is 25.7 Å². The first-order chi connectivity index (χ1) is 10.2. The van der Waals surface area contributed by atoms with Crippen LogP contribution in [0.25, 0.3) is 0 Å². The Balaban J connectivity index is 2.45. The van der Waals surface area contributed by atoms with Crippen LogP contribution in [0, 0.1) is 17.1 Å². The van der Waals surface area contributed by atoms with Gasteiger partial charge in [0.2, 0.25) is 0 Å². The van der Waals surface area contributed by atoms with Gasteiger partial charge in [-0.05, 0) is 37.6 Å². The molecule has 6 heteroatoms. The van der Waals surface area contributed by atoms with Gasteiger partial charge in [-0.3, -0.25) is 4.79 Å². The summed E-state index contributed by atoms with van der Waals surface area (Å²) in [5, 5.41) is 14.4. The number of amides is 1. The zero-order valence-electron chi connectivity index (χ0n) is 11.9. The van der Waals surface area contributed by atoms with E-state index in [0.717, 1.165) is 0 Å². The van der Waals surface area contributed by atoms with Gasteiger partial charge < -0.3 is 15.4 Å². The zero-order valence-corrected chi connectivity index (χ0v) is 11.9. The van der Waals surface area contributed by atoms with E-state index in [0.29, 0.717) is 31.9 Å². The van der Waals surface area contributed by atoms with Crippen LogP contribution in [0.3, 0.4) is 0 Å². The maximum atomic E-state index is 12.7. The van der Waals surface area contributed by atoms with Crippen molar-refractivity contribution in [1.29, 1.82) is 5.26 Å². The SMILES string of the molecule is CCOCCCNC(=O)/C(C#N)=C\Nc1ccc(F)cc1. The van der Waals surface area contributed by atoms with Crippen molar-refractivity contribution in [2.45, 2.75) is 13.3 Å². The first kappa shape index (κ1) is 16.7. The van der Waals surface area contributed by atoms with Gasteiger partial charge in [0.25, 0.3) is 5.91 Å². The summed E-state index contributed by atoms with van der Waals surface area (Å²) >= 11 is 0. The number of carbonyl (C=O) groups excluding carboxylic acids is 1. The number of nitrogens with one attached hydrogen (secondary N) is 2. The van der Waals surface area contributed by atoms with Crippen LogP contribution in [0.5, 0.6) is 0 Å². The summed E-state index contributed by atoms with van der Waals surface area (Å²) in [5.41, 5.74) is 0.545. The zero-order chi connectivity index (χ0) is 15.5. The van der Waals surface area contributed by atoms with E-state index < -0.39 is 5.91 Å². The number of nitrogens with zero attached hydrogens (tertiary/aromatic N) is 1. The van der Waals surface area contributed by atoms with Crippen LogP contribution in [0.4, 0.5) is 10.1 Å². The molecule has 1 aromatic rings. The predicted molar refractivity (Wildman–Crippen MR) is 77.8 cm³/mol. The number of anilines is 1. The van der Waals surface area contributed by atoms with E-state index in [2.05, 4.69) is 10.6 Å². The third-order valence-electron chi connectivity index (χ3n) is 2.55. The second-order valence-electron chi connectivity index (χ2n) is 4.13. The molecule has 0 atom stereocenters. The fourth-order valence-corrected chi connectivity index (χ4v) is 1.47. The first-order valence-electron chi connectivity index (χ1n) is 6.65. The maximum absolute atomic E-state index is 12.7. The Bertz CT molecular complexity index is 521. The molecule has 0 aliphatic carbocycles. The van der Waals surface area contributed by atoms with Gasteiger partial charge in [-0.25, -0.2) is 4.39 Å². The third-order valence-corrected chi connectivity index (χ3v) is 2.55. The highest BCUT2D eigenvalue weighted by molar-refractivity contribution is 5.97. The van der Waals surface area contributed by atoms with Gasteiger partial charge in [0.15, 0.2) is 0 Å². The highest BCUT2D eigenvalue weighted by Gasteiger charge is 2.07. The summed E-state index contributed by atoms with van der Waals surface area (Å²) in [4.78, 5) is 11.7. The minimum absolute atomic E-state index is 0.0456. The van der Waals surface area contributed by atoms with Crippen molar-refractivity contribution in [1.82, 2.24) is 5.32 Å². The average Bonchev–Trinajstić information content (AvgIpc) is 2.49. The number of hydrogen-bond acceptors (Lipinski definition) is 4. The van der Waals surface area contributed by atoms with Gasteiger partial charge in [0.05, 0.1) is 0 Å². The summed E-state index contributed by atoms with van der Waals surface area (Å²) in [6.45, 7) is 3.54. The molecule has 1 rings (SSSR count). The number of ether oxygens (including phenoxy) is 1. The first-order valence-corrected chi connectivity index (χ1v) is 6.65. The van der Waals surface area contributed by atoms with Gasteiger partial charge in [-0.15, -0.1) is 0 Å². The maximum Gasteiger partial charge on any atom is 0.263 e. The Kier molecular flexibility index (Phi) is 7.54. The highest BCUT2D eigenvalue weighted by atomic mass is 19.1. The molecule has 5 nitrogen and oxygen atoms in total. The predicted octanol–water partition coefficient (Wildman–Crippen LogP) is 2.19. The smallest absolute Gasteiger partial charge is 0.263 e. The number of halogens is 1. The monoisotopic (exact) mass is 291 g/mol. The van der Waals surface area contributed by atoms with Crippen molar-refractivity contribution in [2.75, 3.05) is 25.1 Å². The minimum atomic E-state index is -0.455. The molecule has 0 aliphatic rings. The Hall–Kier alpha value is -2.39. The highest BCUT2D eigenvalue weighted by Crippen LogP contribution is 2.08. The molecule has 0 aliphatic heterocycles. The van der Waals surface area contributed by atoms with Gasteiger partial charge in [0.1, 0.15) is 17.5 Å². The lowest BCUT2D eigenvalue weighted by Gasteiger charge is -2.05. The summed E-state index contributed by atoms with van der Waals surface area (Å²) in [7, 11) is 0. The van der Waals surface area contributed by atoms with Crippen LogP contribution in [0.15, 0.2) is 36.0 Å². The Labute approximate surface area is 123 Å². The van der Waals surface area contributed by atoms with E-state index in [9.17, 15) is 9.18 Å². The topological polar surface area (TPSA) is 74.1 Å². The Morgan fingerprint density at radius 2 is 2.14 bits per heavy atom. The van der Waals surface area contributed by atoms with Crippen LogP contribution < -0.4 is 10.6 Å². The Morgan fingerprint density at radius 3 is 2.76 bits per heavy atom. The second-order valence-corrected chi connectivity index (χ2v) is 4.13. The lowest BCUT2D eigenvalue weighted by Crippen LogP contribution is -2.26. The normalized spacial score (nSPS) is 10.8. The number of nitriles is 1. The van der Waals surface area contributed by atoms with Crippen molar-refractivity contribution in [3.63, 3.8) is 0 Å². The van der Waals surface area contributed by atoms with E-state index in [-0.39, 0.29) is 11.4 Å². The van der Waals surface area contributed by atoms with Crippen molar-refractivity contribution in [3.05, 3.63) is 41.9 Å². The molecule has 0 heterocycles. The molecular formula is C15H18FN3O2. The van der Waals surface area contributed by atoms with Gasteiger partial charge >= 0.3 is 0 Å². The fraction of sp³-hybridized carbons (Fsp3) is 0.333. The lowest BCUT2D eigenvalue weighted by atomic mass is 10.2. The van der Waals surface area contributed by atoms with Crippen LogP contribution in [0.1, 0.15) is 13.3 Å². The molecule has 0 aromatic heterocycles. The van der Waals surface area contributed by atoms with E-state index in [1.54, 1.807) is 0 Å². The average molecular weight is 291 g/mol. The Morgan fingerprint density at radius 1 is 1.43 bits per heavy atom. The van der Waals surface area contributed by atoms with E-state index in [1.807, 2.05) is 13.0 Å². The van der Waals surface area contributed by atoms with Gasteiger partial charge in [0, 0.05) is 31.6 Å². The molecule has 0 fully saturated rings. The summed E-state index contributed by atoms with van der Waals surface area (Å²) < 4.78 is 17.9. The van der Waals surface area contributed by atoms with Crippen molar-refractivity contribution >= 4 is 11.6 Å². The summed E-state index contributed by atoms with van der Waals surface area (Å²) in [6.07, 6.45) is 1.98. The van der Waals surface area contributed by atoms with Crippen molar-refractivity contribution < 1.29 is 13.9 Å². The molecule has 1 amide bonds.